The summed E-state index contributed by atoms with van der Waals surface area (Å²) in [5.41, 5.74) is 0. The van der Waals surface area contributed by atoms with Crippen LogP contribution in [0.25, 0.3) is 0 Å². The van der Waals surface area contributed by atoms with Gasteiger partial charge in [-0.25, -0.2) is 17.5 Å². The topological polar surface area (TPSA) is 58.6 Å². The van der Waals surface area contributed by atoms with Gasteiger partial charge in [0.25, 0.3) is 0 Å². The third-order valence-electron chi connectivity index (χ3n) is 4.25. The van der Waals surface area contributed by atoms with Crippen LogP contribution in [0.15, 0.2) is 23.1 Å². The number of rotatable bonds is 7. The Labute approximate surface area is 137 Å². The summed E-state index contributed by atoms with van der Waals surface area (Å²) in [4.78, 5) is 2.28. The highest BCUT2D eigenvalue weighted by atomic mass is 32.2. The van der Waals surface area contributed by atoms with E-state index in [4.69, 9.17) is 4.74 Å². The Hall–Kier alpha value is -1.18. The fraction of sp³-hybridized carbons (Fsp3) is 0.625. The zero-order valence-corrected chi connectivity index (χ0v) is 14.5. The van der Waals surface area contributed by atoms with E-state index in [2.05, 4.69) is 16.5 Å². The standard InChI is InChI=1S/C16H25FN2O3S/c1-13-6-10-19(11-7-13)9-3-8-18-23(20,21)14-4-5-16(22-2)15(17)12-14/h4-5,12-13,18H,3,6-11H2,1-2H3. The SMILES string of the molecule is COc1ccc(S(=O)(=O)NCCCN2CCC(C)CC2)cc1F. The molecule has 5 nitrogen and oxygen atoms in total. The minimum absolute atomic E-state index is 0.0308. The number of piperidine rings is 1. The van der Waals surface area contributed by atoms with E-state index in [1.165, 1.54) is 32.1 Å². The predicted molar refractivity (Wildman–Crippen MR) is 87.6 cm³/mol. The number of ether oxygens (including phenoxy) is 1. The summed E-state index contributed by atoms with van der Waals surface area (Å²) in [5.74, 6) is 0.135. The molecule has 23 heavy (non-hydrogen) atoms. The maximum Gasteiger partial charge on any atom is 0.240 e. The average Bonchev–Trinajstić information content (AvgIpc) is 2.53. The predicted octanol–water partition coefficient (Wildman–Crippen LogP) is 2.23. The van der Waals surface area contributed by atoms with Gasteiger partial charge in [-0.15, -0.1) is 0 Å². The van der Waals surface area contributed by atoms with Gasteiger partial charge in [0, 0.05) is 6.54 Å². The number of nitrogens with zero attached hydrogens (tertiary/aromatic N) is 1. The molecular weight excluding hydrogens is 319 g/mol. The summed E-state index contributed by atoms with van der Waals surface area (Å²) in [5, 5.41) is 0. The number of halogens is 1. The molecular formula is C16H25FN2O3S. The smallest absolute Gasteiger partial charge is 0.240 e. The third-order valence-corrected chi connectivity index (χ3v) is 5.71. The van der Waals surface area contributed by atoms with Gasteiger partial charge in [0.15, 0.2) is 11.6 Å². The van der Waals surface area contributed by atoms with Crippen LogP contribution in [0, 0.1) is 11.7 Å². The number of nitrogens with one attached hydrogen (secondary N) is 1. The van der Waals surface area contributed by atoms with Crippen LogP contribution in [0.2, 0.25) is 0 Å². The molecule has 0 aliphatic carbocycles. The van der Waals surface area contributed by atoms with E-state index < -0.39 is 15.8 Å². The molecule has 1 aliphatic rings. The van der Waals surface area contributed by atoms with Crippen molar-refractivity contribution in [1.29, 1.82) is 0 Å². The molecule has 1 heterocycles. The van der Waals surface area contributed by atoms with Crippen molar-refractivity contribution in [2.45, 2.75) is 31.1 Å². The molecule has 7 heteroatoms. The highest BCUT2D eigenvalue weighted by Gasteiger charge is 2.17. The quantitative estimate of drug-likeness (QED) is 0.771. The van der Waals surface area contributed by atoms with Crippen LogP contribution in [-0.4, -0.2) is 46.6 Å². The summed E-state index contributed by atoms with van der Waals surface area (Å²) >= 11 is 0. The monoisotopic (exact) mass is 344 g/mol. The van der Waals surface area contributed by atoms with E-state index in [9.17, 15) is 12.8 Å². The number of likely N-dealkylation sites (tertiary alicyclic amines) is 1. The van der Waals surface area contributed by atoms with Crippen molar-refractivity contribution in [2.75, 3.05) is 33.3 Å². The molecule has 1 aromatic rings. The van der Waals surface area contributed by atoms with E-state index in [0.29, 0.717) is 6.54 Å². The molecule has 0 unspecified atom stereocenters. The van der Waals surface area contributed by atoms with Gasteiger partial charge in [-0.2, -0.15) is 0 Å². The van der Waals surface area contributed by atoms with Crippen molar-refractivity contribution in [2.24, 2.45) is 5.92 Å². The lowest BCUT2D eigenvalue weighted by Gasteiger charge is -2.30. The van der Waals surface area contributed by atoms with E-state index in [1.807, 2.05) is 0 Å². The summed E-state index contributed by atoms with van der Waals surface area (Å²) in [6.07, 6.45) is 3.15. The van der Waals surface area contributed by atoms with Crippen LogP contribution < -0.4 is 9.46 Å². The highest BCUT2D eigenvalue weighted by molar-refractivity contribution is 7.89. The molecule has 0 spiro atoms. The third kappa shape index (κ3) is 5.16. The van der Waals surface area contributed by atoms with E-state index in [0.717, 1.165) is 38.0 Å². The molecule has 1 aliphatic heterocycles. The maximum absolute atomic E-state index is 13.6. The molecule has 1 aromatic carbocycles. The first-order valence-electron chi connectivity index (χ1n) is 7.98. The summed E-state index contributed by atoms with van der Waals surface area (Å²) in [7, 11) is -2.34. The summed E-state index contributed by atoms with van der Waals surface area (Å²) in [6, 6.07) is 3.64. The summed E-state index contributed by atoms with van der Waals surface area (Å²) < 4.78 is 45.2. The molecule has 0 aromatic heterocycles. The van der Waals surface area contributed by atoms with Gasteiger partial charge in [0.05, 0.1) is 12.0 Å². The first kappa shape index (κ1) is 18.2. The van der Waals surface area contributed by atoms with Crippen LogP contribution in [-0.2, 0) is 10.0 Å². The minimum atomic E-state index is -3.68. The Bertz CT molecular complexity index is 614. The van der Waals surface area contributed by atoms with Crippen molar-refractivity contribution < 1.29 is 17.5 Å². The zero-order valence-electron chi connectivity index (χ0n) is 13.7. The molecule has 0 saturated carbocycles. The molecule has 0 bridgehead atoms. The number of hydrogen-bond donors (Lipinski definition) is 1. The fourth-order valence-electron chi connectivity index (χ4n) is 2.69. The van der Waals surface area contributed by atoms with Gasteiger partial charge in [-0.05, 0) is 63.0 Å². The summed E-state index contributed by atoms with van der Waals surface area (Å²) in [6.45, 7) is 5.66. The Morgan fingerprint density at radius 3 is 2.65 bits per heavy atom. The van der Waals surface area contributed by atoms with Crippen LogP contribution in [0.1, 0.15) is 26.2 Å². The fourth-order valence-corrected chi connectivity index (χ4v) is 3.78. The van der Waals surface area contributed by atoms with Crippen LogP contribution in [0.5, 0.6) is 5.75 Å². The number of benzene rings is 1. The average molecular weight is 344 g/mol. The van der Waals surface area contributed by atoms with E-state index >= 15 is 0 Å². The van der Waals surface area contributed by atoms with Gasteiger partial charge in [0.1, 0.15) is 0 Å². The Balaban J connectivity index is 1.81. The normalized spacial score (nSPS) is 17.3. The van der Waals surface area contributed by atoms with Gasteiger partial charge >= 0.3 is 0 Å². The molecule has 130 valence electrons. The van der Waals surface area contributed by atoms with Crippen molar-refractivity contribution in [3.05, 3.63) is 24.0 Å². The second kappa shape index (κ2) is 8.08. The number of sulfonamides is 1. The van der Waals surface area contributed by atoms with Crippen LogP contribution in [0.4, 0.5) is 4.39 Å². The molecule has 1 N–H and O–H groups in total. The van der Waals surface area contributed by atoms with Gasteiger partial charge in [-0.3, -0.25) is 0 Å². The molecule has 0 atom stereocenters. The highest BCUT2D eigenvalue weighted by Crippen LogP contribution is 2.20. The van der Waals surface area contributed by atoms with Crippen LogP contribution >= 0.6 is 0 Å². The second-order valence-corrected chi connectivity index (χ2v) is 7.84. The number of hydrogen-bond acceptors (Lipinski definition) is 4. The van der Waals surface area contributed by atoms with Crippen molar-refractivity contribution in [3.63, 3.8) is 0 Å². The molecule has 0 radical (unpaired) electrons. The molecule has 1 fully saturated rings. The van der Waals surface area contributed by atoms with E-state index in [-0.39, 0.29) is 10.6 Å². The first-order valence-corrected chi connectivity index (χ1v) is 9.46. The van der Waals surface area contributed by atoms with Gasteiger partial charge in [0.2, 0.25) is 10.0 Å². The Morgan fingerprint density at radius 1 is 1.35 bits per heavy atom. The van der Waals surface area contributed by atoms with Crippen molar-refractivity contribution in [3.8, 4) is 5.75 Å². The lowest BCUT2D eigenvalue weighted by atomic mass is 9.99. The van der Waals surface area contributed by atoms with E-state index in [1.54, 1.807) is 0 Å². The van der Waals surface area contributed by atoms with Crippen molar-refractivity contribution in [1.82, 2.24) is 9.62 Å². The lowest BCUT2D eigenvalue weighted by molar-refractivity contribution is 0.191. The van der Waals surface area contributed by atoms with Crippen molar-refractivity contribution >= 4 is 10.0 Å². The largest absolute Gasteiger partial charge is 0.494 e. The molecule has 0 amide bonds. The van der Waals surface area contributed by atoms with Crippen LogP contribution in [0.3, 0.4) is 0 Å². The first-order chi connectivity index (χ1) is 10.9. The molecule has 2 rings (SSSR count). The lowest BCUT2D eigenvalue weighted by Crippen LogP contribution is -2.35. The van der Waals surface area contributed by atoms with Gasteiger partial charge in [-0.1, -0.05) is 6.92 Å². The number of methoxy groups -OCH3 is 1. The van der Waals surface area contributed by atoms with Gasteiger partial charge < -0.3 is 9.64 Å². The maximum atomic E-state index is 13.6. The zero-order chi connectivity index (χ0) is 16.9. The Kier molecular flexibility index (Phi) is 6.38. The Morgan fingerprint density at radius 2 is 2.04 bits per heavy atom. The minimum Gasteiger partial charge on any atom is -0.494 e. The second-order valence-electron chi connectivity index (χ2n) is 6.07. The molecule has 1 saturated heterocycles.